The second-order valence-electron chi connectivity index (χ2n) is 4.54. The third-order valence-corrected chi connectivity index (χ3v) is 3.09. The van der Waals surface area contributed by atoms with Gasteiger partial charge in [-0.25, -0.2) is 0 Å². The highest BCUT2D eigenvalue weighted by Gasteiger charge is 2.42. The SMILES string of the molecule is CCOCCOCCOCCOC1(C)COC1C. The van der Waals surface area contributed by atoms with Crippen molar-refractivity contribution in [1.29, 1.82) is 0 Å². The van der Waals surface area contributed by atoms with Gasteiger partial charge < -0.3 is 23.7 Å². The molecule has 0 N–H and O–H groups in total. The lowest BCUT2D eigenvalue weighted by atomic mass is 9.96. The summed E-state index contributed by atoms with van der Waals surface area (Å²) in [5.41, 5.74) is -0.128. The van der Waals surface area contributed by atoms with Crippen LogP contribution in [0.3, 0.4) is 0 Å². The average Bonchev–Trinajstić information content (AvgIpc) is 2.39. The predicted octanol–water partition coefficient (Wildman–Crippen LogP) is 1.25. The van der Waals surface area contributed by atoms with Crippen LogP contribution in [0.15, 0.2) is 0 Å². The second kappa shape index (κ2) is 8.82. The molecule has 18 heavy (non-hydrogen) atoms. The molecule has 0 radical (unpaired) electrons. The summed E-state index contributed by atoms with van der Waals surface area (Å²) in [5, 5.41) is 0. The van der Waals surface area contributed by atoms with Crippen LogP contribution in [0, 0.1) is 0 Å². The average molecular weight is 262 g/mol. The van der Waals surface area contributed by atoms with Crippen molar-refractivity contribution in [3.63, 3.8) is 0 Å². The Balaban J connectivity index is 1.79. The largest absolute Gasteiger partial charge is 0.379 e. The van der Waals surface area contributed by atoms with Crippen LogP contribution in [0.1, 0.15) is 20.8 Å². The zero-order valence-electron chi connectivity index (χ0n) is 11.8. The van der Waals surface area contributed by atoms with Gasteiger partial charge in [-0.15, -0.1) is 0 Å². The van der Waals surface area contributed by atoms with Gasteiger partial charge in [-0.05, 0) is 20.8 Å². The molecule has 1 heterocycles. The van der Waals surface area contributed by atoms with Gasteiger partial charge >= 0.3 is 0 Å². The highest BCUT2D eigenvalue weighted by molar-refractivity contribution is 4.90. The van der Waals surface area contributed by atoms with E-state index in [9.17, 15) is 0 Å². The smallest absolute Gasteiger partial charge is 0.114 e. The van der Waals surface area contributed by atoms with Crippen molar-refractivity contribution < 1.29 is 23.7 Å². The van der Waals surface area contributed by atoms with E-state index in [1.165, 1.54) is 0 Å². The quantitative estimate of drug-likeness (QED) is 0.524. The molecule has 1 rings (SSSR count). The molecule has 1 aliphatic rings. The molecule has 0 aliphatic carbocycles. The molecule has 2 atom stereocenters. The predicted molar refractivity (Wildman–Crippen MR) is 67.9 cm³/mol. The van der Waals surface area contributed by atoms with E-state index in [1.807, 2.05) is 13.8 Å². The fourth-order valence-corrected chi connectivity index (χ4v) is 1.56. The molecule has 5 nitrogen and oxygen atoms in total. The molecular weight excluding hydrogens is 236 g/mol. The maximum Gasteiger partial charge on any atom is 0.114 e. The highest BCUT2D eigenvalue weighted by atomic mass is 16.6. The molecule has 108 valence electrons. The molecular formula is C13H26O5. The maximum absolute atomic E-state index is 5.73. The molecule has 1 aliphatic heterocycles. The van der Waals surface area contributed by atoms with Gasteiger partial charge in [0.25, 0.3) is 0 Å². The van der Waals surface area contributed by atoms with Gasteiger partial charge in [0.2, 0.25) is 0 Å². The van der Waals surface area contributed by atoms with E-state index >= 15 is 0 Å². The maximum atomic E-state index is 5.73. The Morgan fingerprint density at radius 1 is 1.00 bits per heavy atom. The van der Waals surface area contributed by atoms with Gasteiger partial charge in [0.05, 0.1) is 52.4 Å². The minimum absolute atomic E-state index is 0.128. The van der Waals surface area contributed by atoms with E-state index in [2.05, 4.69) is 6.92 Å². The van der Waals surface area contributed by atoms with Crippen molar-refractivity contribution in [3.05, 3.63) is 0 Å². The minimum Gasteiger partial charge on any atom is -0.379 e. The van der Waals surface area contributed by atoms with Crippen LogP contribution >= 0.6 is 0 Å². The molecule has 0 saturated carbocycles. The highest BCUT2D eigenvalue weighted by Crippen LogP contribution is 2.28. The topological polar surface area (TPSA) is 46.2 Å². The number of hydrogen-bond acceptors (Lipinski definition) is 5. The number of ether oxygens (including phenoxy) is 5. The van der Waals surface area contributed by atoms with Gasteiger partial charge in [0, 0.05) is 6.61 Å². The van der Waals surface area contributed by atoms with Crippen molar-refractivity contribution in [2.45, 2.75) is 32.5 Å². The summed E-state index contributed by atoms with van der Waals surface area (Å²) in [6.45, 7) is 11.1. The van der Waals surface area contributed by atoms with E-state index < -0.39 is 0 Å². The van der Waals surface area contributed by atoms with Gasteiger partial charge in [0.15, 0.2) is 0 Å². The molecule has 1 fully saturated rings. The Labute approximate surface area is 110 Å². The van der Waals surface area contributed by atoms with Crippen LogP contribution in [0.5, 0.6) is 0 Å². The normalized spacial score (nSPS) is 27.2. The van der Waals surface area contributed by atoms with E-state index in [0.717, 1.165) is 6.61 Å². The van der Waals surface area contributed by atoms with Crippen LogP contribution in [-0.4, -0.2) is 64.6 Å². The molecule has 0 amide bonds. The molecule has 0 bridgehead atoms. The monoisotopic (exact) mass is 262 g/mol. The molecule has 2 unspecified atom stereocenters. The first-order valence-corrected chi connectivity index (χ1v) is 6.68. The van der Waals surface area contributed by atoms with Gasteiger partial charge in [-0.1, -0.05) is 0 Å². The summed E-state index contributed by atoms with van der Waals surface area (Å²) in [4.78, 5) is 0. The van der Waals surface area contributed by atoms with Crippen molar-refractivity contribution in [3.8, 4) is 0 Å². The Morgan fingerprint density at radius 2 is 1.56 bits per heavy atom. The minimum atomic E-state index is -0.128. The van der Waals surface area contributed by atoms with Crippen LogP contribution in [-0.2, 0) is 23.7 Å². The zero-order chi connectivity index (χ0) is 13.3. The summed E-state index contributed by atoms with van der Waals surface area (Å²) >= 11 is 0. The molecule has 5 heteroatoms. The summed E-state index contributed by atoms with van der Waals surface area (Å²) in [5.74, 6) is 0. The van der Waals surface area contributed by atoms with Crippen molar-refractivity contribution >= 4 is 0 Å². The van der Waals surface area contributed by atoms with Gasteiger partial charge in [-0.3, -0.25) is 0 Å². The first-order chi connectivity index (χ1) is 8.69. The zero-order valence-corrected chi connectivity index (χ0v) is 11.8. The standard InChI is InChI=1S/C13H26O5/c1-4-14-5-6-15-7-8-16-9-10-18-13(3)11-17-12(13)2/h12H,4-11H2,1-3H3. The lowest BCUT2D eigenvalue weighted by Crippen LogP contribution is -2.56. The third kappa shape index (κ3) is 5.63. The summed E-state index contributed by atoms with van der Waals surface area (Å²) in [7, 11) is 0. The van der Waals surface area contributed by atoms with Gasteiger partial charge in [0.1, 0.15) is 5.60 Å². The summed E-state index contributed by atoms with van der Waals surface area (Å²) in [6, 6.07) is 0. The Hall–Kier alpha value is -0.200. The van der Waals surface area contributed by atoms with Crippen LogP contribution in [0.4, 0.5) is 0 Å². The van der Waals surface area contributed by atoms with E-state index in [0.29, 0.717) is 46.2 Å². The Kier molecular flexibility index (Phi) is 7.77. The second-order valence-corrected chi connectivity index (χ2v) is 4.54. The first kappa shape index (κ1) is 15.9. The molecule has 1 saturated heterocycles. The lowest BCUT2D eigenvalue weighted by Gasteiger charge is -2.44. The third-order valence-electron chi connectivity index (χ3n) is 3.09. The van der Waals surface area contributed by atoms with E-state index in [1.54, 1.807) is 0 Å². The molecule has 0 aromatic rings. The van der Waals surface area contributed by atoms with Crippen molar-refractivity contribution in [2.24, 2.45) is 0 Å². The number of hydrogen-bond donors (Lipinski definition) is 0. The Bertz CT molecular complexity index is 212. The lowest BCUT2D eigenvalue weighted by molar-refractivity contribution is -0.248. The molecule has 0 spiro atoms. The summed E-state index contributed by atoms with van der Waals surface area (Å²) < 4.78 is 26.9. The van der Waals surface area contributed by atoms with Gasteiger partial charge in [-0.2, -0.15) is 0 Å². The fourth-order valence-electron chi connectivity index (χ4n) is 1.56. The van der Waals surface area contributed by atoms with Crippen molar-refractivity contribution in [1.82, 2.24) is 0 Å². The van der Waals surface area contributed by atoms with E-state index in [-0.39, 0.29) is 11.7 Å². The number of rotatable bonds is 11. The van der Waals surface area contributed by atoms with E-state index in [4.69, 9.17) is 23.7 Å². The summed E-state index contributed by atoms with van der Waals surface area (Å²) in [6.07, 6.45) is 0.180. The molecule has 0 aromatic carbocycles. The van der Waals surface area contributed by atoms with Crippen LogP contribution in [0.2, 0.25) is 0 Å². The van der Waals surface area contributed by atoms with Crippen LogP contribution < -0.4 is 0 Å². The Morgan fingerprint density at radius 3 is 2.00 bits per heavy atom. The van der Waals surface area contributed by atoms with Crippen LogP contribution in [0.25, 0.3) is 0 Å². The van der Waals surface area contributed by atoms with Crippen molar-refractivity contribution in [2.75, 3.05) is 52.9 Å². The first-order valence-electron chi connectivity index (χ1n) is 6.68. The molecule has 0 aromatic heterocycles. The fraction of sp³-hybridized carbons (Fsp3) is 1.00.